The molecule has 0 amide bonds. The van der Waals surface area contributed by atoms with Crippen LogP contribution in [-0.4, -0.2) is 40.0 Å². The van der Waals surface area contributed by atoms with Crippen LogP contribution in [-0.2, 0) is 16.0 Å². The Kier molecular flexibility index (Phi) is 5.16. The fraction of sp³-hybridized carbons (Fsp3) is 0.529. The predicted octanol–water partition coefficient (Wildman–Crippen LogP) is 2.73. The predicted molar refractivity (Wildman–Crippen MR) is 92.9 cm³/mol. The molecule has 3 rings (SSSR count). The first-order valence-electron chi connectivity index (χ1n) is 8.65. The van der Waals surface area contributed by atoms with E-state index in [1.54, 1.807) is 23.6 Å². The Morgan fingerprint density at radius 1 is 1.32 bits per heavy atom. The Hall–Kier alpha value is -2.64. The number of nitrogens with zero attached hydrogens (tertiary/aromatic N) is 4. The highest BCUT2D eigenvalue weighted by molar-refractivity contribution is 5.70. The SMILES string of the molecule is CCOC(=O)CCc1cn2cc([N+](=O)[O-])c(N3CCCCC3)cc2n1. The van der Waals surface area contributed by atoms with E-state index >= 15 is 0 Å². The second kappa shape index (κ2) is 7.50. The highest BCUT2D eigenvalue weighted by Gasteiger charge is 2.23. The quantitative estimate of drug-likeness (QED) is 0.454. The van der Waals surface area contributed by atoms with Crippen molar-refractivity contribution in [3.63, 3.8) is 0 Å². The Morgan fingerprint density at radius 3 is 2.76 bits per heavy atom. The van der Waals surface area contributed by atoms with Crippen molar-refractivity contribution in [1.29, 1.82) is 0 Å². The number of fused-ring (bicyclic) bond motifs is 1. The second-order valence-corrected chi connectivity index (χ2v) is 6.15. The summed E-state index contributed by atoms with van der Waals surface area (Å²) in [6.07, 6.45) is 7.20. The number of piperidine rings is 1. The molecule has 8 nitrogen and oxygen atoms in total. The maximum Gasteiger partial charge on any atom is 0.309 e. The molecule has 0 bridgehead atoms. The van der Waals surface area contributed by atoms with E-state index in [1.807, 2.05) is 0 Å². The number of rotatable bonds is 6. The smallest absolute Gasteiger partial charge is 0.309 e. The van der Waals surface area contributed by atoms with Gasteiger partial charge in [-0.15, -0.1) is 0 Å². The molecular formula is C17H22N4O4. The average Bonchev–Trinajstić information content (AvgIpc) is 3.02. The molecule has 134 valence electrons. The van der Waals surface area contributed by atoms with Gasteiger partial charge in [-0.3, -0.25) is 19.3 Å². The molecule has 0 radical (unpaired) electrons. The van der Waals surface area contributed by atoms with Crippen molar-refractivity contribution in [2.75, 3.05) is 24.6 Å². The van der Waals surface area contributed by atoms with Gasteiger partial charge in [0.05, 0.1) is 29.8 Å². The third-order valence-corrected chi connectivity index (χ3v) is 4.38. The van der Waals surface area contributed by atoms with Gasteiger partial charge in [-0.05, 0) is 26.2 Å². The molecule has 3 heterocycles. The fourth-order valence-corrected chi connectivity index (χ4v) is 3.18. The van der Waals surface area contributed by atoms with E-state index in [0.29, 0.717) is 24.4 Å². The Morgan fingerprint density at radius 2 is 2.08 bits per heavy atom. The lowest BCUT2D eigenvalue weighted by atomic mass is 10.1. The number of carbonyl (C=O) groups excluding carboxylic acids is 1. The van der Waals surface area contributed by atoms with E-state index in [1.165, 1.54) is 6.20 Å². The topological polar surface area (TPSA) is 90.0 Å². The van der Waals surface area contributed by atoms with Crippen LogP contribution in [0, 0.1) is 10.1 Å². The molecule has 0 atom stereocenters. The van der Waals surface area contributed by atoms with Gasteiger partial charge in [0.2, 0.25) is 0 Å². The van der Waals surface area contributed by atoms with Gasteiger partial charge in [-0.1, -0.05) is 0 Å². The average molecular weight is 346 g/mol. The Labute approximate surface area is 145 Å². The van der Waals surface area contributed by atoms with E-state index in [4.69, 9.17) is 4.74 Å². The lowest BCUT2D eigenvalue weighted by molar-refractivity contribution is -0.384. The number of ether oxygens (including phenoxy) is 1. The number of hydrogen-bond donors (Lipinski definition) is 0. The van der Waals surface area contributed by atoms with Crippen LogP contribution in [0.25, 0.3) is 5.65 Å². The summed E-state index contributed by atoms with van der Waals surface area (Å²) in [7, 11) is 0. The summed E-state index contributed by atoms with van der Waals surface area (Å²) in [6, 6.07) is 1.78. The summed E-state index contributed by atoms with van der Waals surface area (Å²) >= 11 is 0. The monoisotopic (exact) mass is 346 g/mol. The molecule has 0 saturated carbocycles. The van der Waals surface area contributed by atoms with Crippen molar-refractivity contribution in [3.05, 3.63) is 34.3 Å². The second-order valence-electron chi connectivity index (χ2n) is 6.15. The third kappa shape index (κ3) is 3.89. The molecule has 2 aromatic rings. The molecule has 1 fully saturated rings. The van der Waals surface area contributed by atoms with Gasteiger partial charge in [0.1, 0.15) is 11.3 Å². The van der Waals surface area contributed by atoms with Crippen molar-refractivity contribution in [1.82, 2.24) is 9.38 Å². The van der Waals surface area contributed by atoms with Crippen LogP contribution in [0.5, 0.6) is 0 Å². The first-order valence-corrected chi connectivity index (χ1v) is 8.65. The molecule has 25 heavy (non-hydrogen) atoms. The van der Waals surface area contributed by atoms with Gasteiger partial charge in [0.25, 0.3) is 0 Å². The highest BCUT2D eigenvalue weighted by Crippen LogP contribution is 2.31. The fourth-order valence-electron chi connectivity index (χ4n) is 3.18. The van der Waals surface area contributed by atoms with Crippen LogP contribution >= 0.6 is 0 Å². The van der Waals surface area contributed by atoms with Crippen molar-refractivity contribution < 1.29 is 14.5 Å². The van der Waals surface area contributed by atoms with Gasteiger partial charge in [-0.2, -0.15) is 0 Å². The number of aromatic nitrogens is 2. The van der Waals surface area contributed by atoms with Crippen LogP contribution < -0.4 is 4.90 Å². The summed E-state index contributed by atoms with van der Waals surface area (Å²) in [5.74, 6) is -0.264. The van der Waals surface area contributed by atoms with Gasteiger partial charge in [0.15, 0.2) is 0 Å². The van der Waals surface area contributed by atoms with Crippen LogP contribution in [0.1, 0.15) is 38.3 Å². The summed E-state index contributed by atoms with van der Waals surface area (Å²) in [5.41, 5.74) is 2.09. The molecule has 0 unspecified atom stereocenters. The van der Waals surface area contributed by atoms with E-state index < -0.39 is 0 Å². The normalized spacial score (nSPS) is 14.7. The molecule has 1 aliphatic heterocycles. The summed E-state index contributed by atoms with van der Waals surface area (Å²) in [6.45, 7) is 3.78. The lowest BCUT2D eigenvalue weighted by Crippen LogP contribution is -2.30. The van der Waals surface area contributed by atoms with Gasteiger partial charge in [0, 0.05) is 31.8 Å². The van der Waals surface area contributed by atoms with Crippen LogP contribution in [0.4, 0.5) is 11.4 Å². The third-order valence-electron chi connectivity index (χ3n) is 4.38. The standard InChI is InChI=1S/C17H22N4O4/c1-2-25-17(22)7-6-13-11-20-12-15(21(23)24)14(10-16(20)18-13)19-8-4-3-5-9-19/h10-12H,2-9H2,1H3. The largest absolute Gasteiger partial charge is 0.466 e. The van der Waals surface area contributed by atoms with Crippen molar-refractivity contribution in [2.45, 2.75) is 39.0 Å². The Balaban J connectivity index is 1.88. The first-order chi connectivity index (χ1) is 12.1. The molecule has 0 aromatic carbocycles. The minimum absolute atomic E-state index is 0.0868. The van der Waals surface area contributed by atoms with E-state index in [2.05, 4.69) is 9.88 Å². The van der Waals surface area contributed by atoms with E-state index in [0.717, 1.165) is 38.0 Å². The summed E-state index contributed by atoms with van der Waals surface area (Å²) in [5, 5.41) is 11.5. The zero-order chi connectivity index (χ0) is 17.8. The summed E-state index contributed by atoms with van der Waals surface area (Å²) < 4.78 is 6.58. The van der Waals surface area contributed by atoms with Gasteiger partial charge < -0.3 is 9.64 Å². The van der Waals surface area contributed by atoms with Crippen LogP contribution in [0.3, 0.4) is 0 Å². The van der Waals surface area contributed by atoms with Gasteiger partial charge >= 0.3 is 11.7 Å². The molecule has 0 spiro atoms. The molecule has 8 heteroatoms. The molecule has 2 aromatic heterocycles. The molecule has 1 aliphatic rings. The molecular weight excluding hydrogens is 324 g/mol. The number of nitro groups is 1. The number of hydrogen-bond acceptors (Lipinski definition) is 6. The Bertz CT molecular complexity index is 780. The maximum atomic E-state index is 11.5. The number of imidazole rings is 1. The zero-order valence-corrected chi connectivity index (χ0v) is 14.3. The number of anilines is 1. The van der Waals surface area contributed by atoms with Crippen molar-refractivity contribution in [2.24, 2.45) is 0 Å². The zero-order valence-electron chi connectivity index (χ0n) is 14.3. The minimum atomic E-state index is -0.346. The molecule has 1 saturated heterocycles. The van der Waals surface area contributed by atoms with Crippen molar-refractivity contribution in [3.8, 4) is 0 Å². The van der Waals surface area contributed by atoms with E-state index in [9.17, 15) is 14.9 Å². The highest BCUT2D eigenvalue weighted by atomic mass is 16.6. The van der Waals surface area contributed by atoms with Crippen molar-refractivity contribution >= 4 is 23.0 Å². The summed E-state index contributed by atoms with van der Waals surface area (Å²) in [4.78, 5) is 29.2. The number of aryl methyl sites for hydroxylation is 1. The first kappa shape index (κ1) is 17.2. The minimum Gasteiger partial charge on any atom is -0.466 e. The van der Waals surface area contributed by atoms with Crippen LogP contribution in [0.15, 0.2) is 18.5 Å². The number of carbonyl (C=O) groups is 1. The molecule has 0 aliphatic carbocycles. The molecule has 0 N–H and O–H groups in total. The lowest BCUT2D eigenvalue weighted by Gasteiger charge is -2.28. The van der Waals surface area contributed by atoms with E-state index in [-0.39, 0.29) is 23.0 Å². The van der Waals surface area contributed by atoms with Gasteiger partial charge in [-0.25, -0.2) is 4.98 Å². The number of esters is 1. The van der Waals surface area contributed by atoms with Crippen LogP contribution in [0.2, 0.25) is 0 Å². The maximum absolute atomic E-state index is 11.5. The number of pyridine rings is 1.